The van der Waals surface area contributed by atoms with E-state index in [9.17, 15) is 0 Å². The lowest BCUT2D eigenvalue weighted by atomic mass is 10.2. The third-order valence-electron chi connectivity index (χ3n) is 2.92. The zero-order valence-corrected chi connectivity index (χ0v) is 10.5. The molecule has 3 aromatic heterocycles. The molecule has 98 valence electrons. The van der Waals surface area contributed by atoms with Crippen molar-refractivity contribution in [3.8, 4) is 0 Å². The van der Waals surface area contributed by atoms with E-state index in [1.165, 1.54) is 0 Å². The normalized spacial score (nSPS) is 12.7. The van der Waals surface area contributed by atoms with Crippen LogP contribution in [0.4, 0.5) is 0 Å². The Labute approximate surface area is 110 Å². The van der Waals surface area contributed by atoms with Crippen LogP contribution in [0.3, 0.4) is 0 Å². The summed E-state index contributed by atoms with van der Waals surface area (Å²) in [5.41, 5.74) is 0.839. The molecule has 0 aliphatic rings. The Morgan fingerprint density at radius 3 is 2.95 bits per heavy atom. The van der Waals surface area contributed by atoms with Crippen LogP contribution in [0.5, 0.6) is 0 Å². The Balaban J connectivity index is 1.83. The van der Waals surface area contributed by atoms with E-state index in [2.05, 4.69) is 15.5 Å². The van der Waals surface area contributed by atoms with Gasteiger partial charge in [-0.1, -0.05) is 5.16 Å². The first-order chi connectivity index (χ1) is 9.34. The zero-order chi connectivity index (χ0) is 13.1. The van der Waals surface area contributed by atoms with Crippen LogP contribution in [0.1, 0.15) is 23.3 Å². The average molecular weight is 258 g/mol. The Morgan fingerprint density at radius 1 is 1.37 bits per heavy atom. The number of nitrogens with one attached hydrogen (secondary N) is 1. The van der Waals surface area contributed by atoms with Gasteiger partial charge in [0.1, 0.15) is 23.9 Å². The number of imidazole rings is 1. The molecule has 0 fully saturated rings. The Kier molecular flexibility index (Phi) is 3.16. The summed E-state index contributed by atoms with van der Waals surface area (Å²) in [6, 6.07) is 5.50. The largest absolute Gasteiger partial charge is 0.467 e. The van der Waals surface area contributed by atoms with Crippen molar-refractivity contribution in [1.29, 1.82) is 0 Å². The van der Waals surface area contributed by atoms with Crippen molar-refractivity contribution in [2.75, 3.05) is 0 Å². The highest BCUT2D eigenvalue weighted by Crippen LogP contribution is 2.21. The first-order valence-electron chi connectivity index (χ1n) is 5.98. The molecular weight excluding hydrogens is 244 g/mol. The lowest BCUT2D eigenvalue weighted by Gasteiger charge is -2.15. The fourth-order valence-electron chi connectivity index (χ4n) is 1.97. The van der Waals surface area contributed by atoms with Crippen LogP contribution in [-0.4, -0.2) is 14.7 Å². The lowest BCUT2D eigenvalue weighted by molar-refractivity contribution is 0.396. The first-order valence-corrected chi connectivity index (χ1v) is 5.98. The summed E-state index contributed by atoms with van der Waals surface area (Å²) < 4.78 is 12.3. The maximum atomic E-state index is 5.48. The number of nitrogens with zero attached hydrogens (tertiary/aromatic N) is 3. The van der Waals surface area contributed by atoms with Crippen molar-refractivity contribution in [2.45, 2.75) is 12.6 Å². The van der Waals surface area contributed by atoms with Crippen molar-refractivity contribution in [3.63, 3.8) is 0 Å². The fourth-order valence-corrected chi connectivity index (χ4v) is 1.97. The van der Waals surface area contributed by atoms with Crippen LogP contribution in [0.15, 0.2) is 52.1 Å². The van der Waals surface area contributed by atoms with E-state index < -0.39 is 0 Å². The smallest absolute Gasteiger partial charge is 0.133 e. The van der Waals surface area contributed by atoms with E-state index in [0.717, 1.165) is 17.3 Å². The minimum atomic E-state index is -0.119. The molecule has 3 aromatic rings. The highest BCUT2D eigenvalue weighted by molar-refractivity contribution is 5.16. The van der Waals surface area contributed by atoms with E-state index in [0.29, 0.717) is 6.54 Å². The molecule has 0 radical (unpaired) electrons. The quantitative estimate of drug-likeness (QED) is 0.756. The Morgan fingerprint density at radius 2 is 2.32 bits per heavy atom. The van der Waals surface area contributed by atoms with Crippen LogP contribution < -0.4 is 5.32 Å². The van der Waals surface area contributed by atoms with Gasteiger partial charge in [-0.15, -0.1) is 0 Å². The molecule has 6 heteroatoms. The van der Waals surface area contributed by atoms with Crippen LogP contribution in [0.2, 0.25) is 0 Å². The molecule has 1 N–H and O–H groups in total. The summed E-state index contributed by atoms with van der Waals surface area (Å²) in [7, 11) is 1.95. The predicted octanol–water partition coefficient (Wildman–Crippen LogP) is 1.88. The highest BCUT2D eigenvalue weighted by atomic mass is 16.5. The maximum Gasteiger partial charge on any atom is 0.133 e. The third-order valence-corrected chi connectivity index (χ3v) is 2.92. The van der Waals surface area contributed by atoms with E-state index >= 15 is 0 Å². The lowest BCUT2D eigenvalue weighted by Crippen LogP contribution is -2.24. The summed E-state index contributed by atoms with van der Waals surface area (Å²) in [4.78, 5) is 4.37. The molecule has 0 aliphatic carbocycles. The van der Waals surface area contributed by atoms with Gasteiger partial charge >= 0.3 is 0 Å². The Bertz CT molecular complexity index is 613. The van der Waals surface area contributed by atoms with Gasteiger partial charge in [0.05, 0.1) is 12.0 Å². The second-order valence-corrected chi connectivity index (χ2v) is 4.22. The van der Waals surface area contributed by atoms with Crippen LogP contribution in [0, 0.1) is 0 Å². The van der Waals surface area contributed by atoms with Gasteiger partial charge in [-0.05, 0) is 12.1 Å². The minimum absolute atomic E-state index is 0.119. The minimum Gasteiger partial charge on any atom is -0.467 e. The summed E-state index contributed by atoms with van der Waals surface area (Å²) in [6.07, 6.45) is 6.88. The molecule has 1 atom stereocenters. The van der Waals surface area contributed by atoms with Gasteiger partial charge in [0.25, 0.3) is 0 Å². The van der Waals surface area contributed by atoms with E-state index in [1.54, 1.807) is 18.7 Å². The molecule has 1 unspecified atom stereocenters. The maximum absolute atomic E-state index is 5.48. The number of hydrogen-bond donors (Lipinski definition) is 1. The SMILES string of the molecule is Cn1ccnc1C(NCc1ccon1)c1ccco1. The van der Waals surface area contributed by atoms with E-state index in [4.69, 9.17) is 8.94 Å². The molecule has 0 saturated carbocycles. The number of furan rings is 1. The molecule has 0 amide bonds. The molecule has 3 heterocycles. The van der Waals surface area contributed by atoms with E-state index in [-0.39, 0.29) is 6.04 Å². The summed E-state index contributed by atoms with van der Waals surface area (Å²) in [5.74, 6) is 1.70. The van der Waals surface area contributed by atoms with Gasteiger partial charge < -0.3 is 13.5 Å². The van der Waals surface area contributed by atoms with Crippen molar-refractivity contribution in [2.24, 2.45) is 7.05 Å². The third kappa shape index (κ3) is 2.43. The Hall–Kier alpha value is -2.34. The number of hydrogen-bond acceptors (Lipinski definition) is 5. The molecule has 0 saturated heterocycles. The molecular formula is C13H14N4O2. The molecule has 19 heavy (non-hydrogen) atoms. The zero-order valence-electron chi connectivity index (χ0n) is 10.5. The summed E-state index contributed by atoms with van der Waals surface area (Å²) in [5, 5.41) is 7.25. The van der Waals surface area contributed by atoms with Gasteiger partial charge in [-0.3, -0.25) is 5.32 Å². The van der Waals surface area contributed by atoms with Gasteiger partial charge in [-0.2, -0.15) is 0 Å². The van der Waals surface area contributed by atoms with Gasteiger partial charge in [0.15, 0.2) is 0 Å². The van der Waals surface area contributed by atoms with E-state index in [1.807, 2.05) is 36.0 Å². The van der Waals surface area contributed by atoms with Crippen molar-refractivity contribution in [3.05, 3.63) is 60.4 Å². The summed E-state index contributed by atoms with van der Waals surface area (Å²) >= 11 is 0. The molecule has 0 aliphatic heterocycles. The molecule has 0 bridgehead atoms. The standard InChI is InChI=1S/C13H14N4O2/c1-17-6-5-14-13(17)12(11-3-2-7-18-11)15-9-10-4-8-19-16-10/h2-8,12,15H,9H2,1H3. The predicted molar refractivity (Wildman–Crippen MR) is 67.1 cm³/mol. The monoisotopic (exact) mass is 258 g/mol. The van der Waals surface area contributed by atoms with Crippen molar-refractivity contribution in [1.82, 2.24) is 20.0 Å². The van der Waals surface area contributed by atoms with Crippen LogP contribution in [-0.2, 0) is 13.6 Å². The van der Waals surface area contributed by atoms with Gasteiger partial charge in [0.2, 0.25) is 0 Å². The van der Waals surface area contributed by atoms with Crippen molar-refractivity contribution < 1.29 is 8.94 Å². The fraction of sp³-hybridized carbons (Fsp3) is 0.231. The number of rotatable bonds is 5. The molecule has 3 rings (SSSR count). The molecule has 0 spiro atoms. The number of aryl methyl sites for hydroxylation is 1. The van der Waals surface area contributed by atoms with Gasteiger partial charge in [0, 0.05) is 32.1 Å². The van der Waals surface area contributed by atoms with Gasteiger partial charge in [-0.25, -0.2) is 4.98 Å². The van der Waals surface area contributed by atoms with Crippen LogP contribution >= 0.6 is 0 Å². The van der Waals surface area contributed by atoms with Crippen LogP contribution in [0.25, 0.3) is 0 Å². The van der Waals surface area contributed by atoms with Crippen molar-refractivity contribution >= 4 is 0 Å². The molecule has 6 nitrogen and oxygen atoms in total. The number of aromatic nitrogens is 3. The first kappa shape index (κ1) is 11.7. The topological polar surface area (TPSA) is 69.0 Å². The highest BCUT2D eigenvalue weighted by Gasteiger charge is 2.20. The second-order valence-electron chi connectivity index (χ2n) is 4.22. The second kappa shape index (κ2) is 5.11. The average Bonchev–Trinajstić information content (AvgIpc) is 3.13. The summed E-state index contributed by atoms with van der Waals surface area (Å²) in [6.45, 7) is 0.578. The molecule has 0 aromatic carbocycles.